The fourth-order valence-corrected chi connectivity index (χ4v) is 0.678. The maximum atomic E-state index is 10.3. The first-order chi connectivity index (χ1) is 4.48. The molecule has 0 aromatic rings. The summed E-state index contributed by atoms with van der Waals surface area (Å²) in [6.45, 7) is -0.769. The molecule has 0 saturated heterocycles. The van der Waals surface area contributed by atoms with E-state index in [1.54, 1.807) is 5.09 Å². The van der Waals surface area contributed by atoms with Gasteiger partial charge in [0, 0.05) is 13.7 Å². The molecule has 0 aliphatic rings. The number of hydrogen-bond acceptors (Lipinski definition) is 5. The SMILES string of the molecule is COP(=O)([O-])[15NH]CC(=O)[O-].[Na+].[Na+]. The second kappa shape index (κ2) is 9.15. The maximum absolute atomic E-state index is 10.3. The van der Waals surface area contributed by atoms with Crippen LogP contribution in [0.2, 0.25) is 0 Å². The average Bonchev–Trinajstić information content (AvgIpc) is 1.85. The predicted molar refractivity (Wildman–Crippen MR) is 27.6 cm³/mol. The molecule has 0 aliphatic carbocycles. The molecule has 0 bridgehead atoms. The Hall–Kier alpha value is 1.58. The zero-order valence-electron chi connectivity index (χ0n) is 7.20. The second-order valence-electron chi connectivity index (χ2n) is 1.39. The molecule has 0 radical (unpaired) electrons. The Bertz CT molecular complexity index is 176. The Morgan fingerprint density at radius 2 is 2.00 bits per heavy atom. The molecule has 1 unspecified atom stereocenters. The van der Waals surface area contributed by atoms with Crippen LogP contribution < -0.4 is 74.2 Å². The third-order valence-corrected chi connectivity index (χ3v) is 1.68. The summed E-state index contributed by atoms with van der Waals surface area (Å²) in [5, 5.41) is 11.3. The first-order valence-corrected chi connectivity index (χ1v) is 3.84. The molecule has 0 aliphatic heterocycles. The van der Waals surface area contributed by atoms with Crippen LogP contribution >= 0.6 is 7.75 Å². The number of nitrogens with one attached hydrogen (secondary N) is 1. The van der Waals surface area contributed by atoms with Gasteiger partial charge in [0.1, 0.15) is 0 Å². The molecule has 6 nitrogen and oxygen atoms in total. The molecule has 0 aromatic heterocycles. The summed E-state index contributed by atoms with van der Waals surface area (Å²) in [6.07, 6.45) is 0. The van der Waals surface area contributed by atoms with Crippen LogP contribution in [0.1, 0.15) is 0 Å². The molecule has 0 amide bonds. The first-order valence-electron chi connectivity index (χ1n) is 2.29. The van der Waals surface area contributed by atoms with Gasteiger partial charge in [0.05, 0.1) is 5.97 Å². The topological polar surface area (TPSA) is 102 Å². The Kier molecular flexibility index (Phi) is 14.6. The summed E-state index contributed by atoms with van der Waals surface area (Å²) < 4.78 is 14.2. The van der Waals surface area contributed by atoms with Crippen molar-refractivity contribution >= 4 is 13.7 Å². The minimum atomic E-state index is -4.15. The summed E-state index contributed by atoms with van der Waals surface area (Å²) >= 11 is 0. The van der Waals surface area contributed by atoms with Crippen molar-refractivity contribution < 1.29 is 83.0 Å². The summed E-state index contributed by atoms with van der Waals surface area (Å²) in [6, 6.07) is 0. The van der Waals surface area contributed by atoms with Crippen LogP contribution in [-0.4, -0.2) is 19.6 Å². The van der Waals surface area contributed by atoms with Gasteiger partial charge in [0.15, 0.2) is 0 Å². The van der Waals surface area contributed by atoms with E-state index in [1.807, 2.05) is 0 Å². The fourth-order valence-electron chi connectivity index (χ4n) is 0.226. The molecule has 1 N–H and O–H groups in total. The van der Waals surface area contributed by atoms with E-state index < -0.39 is 20.3 Å². The van der Waals surface area contributed by atoms with Gasteiger partial charge in [0.2, 0.25) is 7.75 Å². The number of carboxylic acid groups (broad SMARTS) is 1. The zero-order valence-corrected chi connectivity index (χ0v) is 12.1. The molecule has 0 spiro atoms. The molecular weight excluding hydrogens is 208 g/mol. The number of carboxylic acids is 1. The maximum Gasteiger partial charge on any atom is 1.00 e. The van der Waals surface area contributed by atoms with Crippen LogP contribution in [-0.2, 0) is 13.9 Å². The van der Waals surface area contributed by atoms with E-state index in [0.717, 1.165) is 7.11 Å². The Labute approximate surface area is 114 Å². The minimum Gasteiger partial charge on any atom is -0.766 e. The van der Waals surface area contributed by atoms with E-state index in [9.17, 15) is 19.4 Å². The quantitative estimate of drug-likeness (QED) is 0.283. The van der Waals surface area contributed by atoms with Gasteiger partial charge in [0.25, 0.3) is 0 Å². The van der Waals surface area contributed by atoms with Crippen molar-refractivity contribution in [1.82, 2.24) is 5.09 Å². The molecule has 0 aromatic carbocycles. The summed E-state index contributed by atoms with van der Waals surface area (Å²) in [5.41, 5.74) is 0. The van der Waals surface area contributed by atoms with Crippen molar-refractivity contribution in [1.29, 1.82) is 0 Å². The van der Waals surface area contributed by atoms with Gasteiger partial charge in [-0.25, -0.2) is 0 Å². The molecule has 0 rings (SSSR count). The zero-order chi connectivity index (χ0) is 8.20. The number of carbonyl (C=O) groups is 1. The Balaban J connectivity index is -0.000000405. The fraction of sp³-hybridized carbons (Fsp3) is 0.667. The monoisotopic (exact) mass is 214 g/mol. The van der Waals surface area contributed by atoms with Crippen LogP contribution in [0.5, 0.6) is 0 Å². The molecule has 60 valence electrons. The molecule has 1 atom stereocenters. The summed E-state index contributed by atoms with van der Waals surface area (Å²) in [5.74, 6) is -1.51. The summed E-state index contributed by atoms with van der Waals surface area (Å²) in [7, 11) is -3.22. The van der Waals surface area contributed by atoms with Crippen molar-refractivity contribution in [2.24, 2.45) is 0 Å². The molecular formula is C3H6NNa2O5P. The first kappa shape index (κ1) is 19.2. The minimum absolute atomic E-state index is 0. The van der Waals surface area contributed by atoms with Gasteiger partial charge < -0.3 is 19.3 Å². The van der Waals surface area contributed by atoms with Crippen LogP contribution in [0.4, 0.5) is 0 Å². The van der Waals surface area contributed by atoms with Gasteiger partial charge in [-0.05, 0) is 0 Å². The Morgan fingerprint density at radius 3 is 2.25 bits per heavy atom. The second-order valence-corrected chi connectivity index (χ2v) is 3.06. The average molecular weight is 214 g/mol. The summed E-state index contributed by atoms with van der Waals surface area (Å²) in [4.78, 5) is 20.0. The van der Waals surface area contributed by atoms with Gasteiger partial charge in [-0.2, -0.15) is 0 Å². The van der Waals surface area contributed by atoms with E-state index in [-0.39, 0.29) is 59.1 Å². The Morgan fingerprint density at radius 1 is 1.58 bits per heavy atom. The van der Waals surface area contributed by atoms with Gasteiger partial charge in [-0.1, -0.05) is 0 Å². The van der Waals surface area contributed by atoms with Gasteiger partial charge >= 0.3 is 59.1 Å². The normalized spacial score (nSPS) is 13.5. The third-order valence-electron chi connectivity index (χ3n) is 0.657. The number of carbonyl (C=O) groups excluding carboxylic acids is 1. The molecule has 0 heterocycles. The van der Waals surface area contributed by atoms with Crippen LogP contribution in [0.15, 0.2) is 0 Å². The van der Waals surface area contributed by atoms with Crippen molar-refractivity contribution in [3.63, 3.8) is 0 Å². The van der Waals surface area contributed by atoms with Gasteiger partial charge in [-0.15, -0.1) is 0 Å². The smallest absolute Gasteiger partial charge is 0.766 e. The number of hydrogen-bond donors (Lipinski definition) is 1. The van der Waals surface area contributed by atoms with Crippen LogP contribution in [0, 0.1) is 0 Å². The largest absolute Gasteiger partial charge is 1.00 e. The van der Waals surface area contributed by atoms with Crippen molar-refractivity contribution in [3.05, 3.63) is 0 Å². The molecule has 9 heteroatoms. The van der Waals surface area contributed by atoms with Crippen molar-refractivity contribution in [3.8, 4) is 0 Å². The van der Waals surface area contributed by atoms with E-state index in [2.05, 4.69) is 4.52 Å². The van der Waals surface area contributed by atoms with Crippen LogP contribution in [0.3, 0.4) is 0 Å². The van der Waals surface area contributed by atoms with Crippen LogP contribution in [0.25, 0.3) is 0 Å². The van der Waals surface area contributed by atoms with Crippen molar-refractivity contribution in [2.45, 2.75) is 0 Å². The van der Waals surface area contributed by atoms with E-state index in [0.29, 0.717) is 0 Å². The standard InChI is InChI=1S/C3H8NO5P.2Na/c1-9-10(7,8)4-2-3(5)6;;/h2H2,1H3,(H,5,6)(H2,4,7,8);;/q;2*+1/p-2/i4+1;;. The predicted octanol–water partition coefficient (Wildman–Crippen LogP) is -8.55. The molecule has 0 saturated carbocycles. The van der Waals surface area contributed by atoms with E-state index >= 15 is 0 Å². The van der Waals surface area contributed by atoms with E-state index in [1.165, 1.54) is 0 Å². The van der Waals surface area contributed by atoms with Gasteiger partial charge in [-0.3, -0.25) is 9.65 Å². The third kappa shape index (κ3) is 11.6. The molecule has 12 heavy (non-hydrogen) atoms. The molecule has 0 fully saturated rings. The van der Waals surface area contributed by atoms with Crippen molar-refractivity contribution in [2.75, 3.05) is 13.7 Å². The number of aliphatic carboxylic acids is 1. The number of rotatable bonds is 4. The van der Waals surface area contributed by atoms with E-state index in [4.69, 9.17) is 0 Å².